The Labute approximate surface area is 64.2 Å². The van der Waals surface area contributed by atoms with Gasteiger partial charge in [-0.05, 0) is 17.6 Å². The van der Waals surface area contributed by atoms with E-state index in [2.05, 4.69) is 0 Å². The fourth-order valence-corrected chi connectivity index (χ4v) is 0.730. The first-order valence-corrected chi connectivity index (χ1v) is 3.10. The van der Waals surface area contributed by atoms with Gasteiger partial charge in [0.25, 0.3) is 0 Å². The lowest BCUT2D eigenvalue weighted by Crippen LogP contribution is -2.29. The topological polar surface area (TPSA) is 72.7 Å². The van der Waals surface area contributed by atoms with Crippen LogP contribution < -0.4 is 10.9 Å². The minimum atomic E-state index is -1.46. The largest absolute Gasteiger partial charge is 0.488 e. The summed E-state index contributed by atoms with van der Waals surface area (Å²) < 4.78 is 0. The summed E-state index contributed by atoms with van der Waals surface area (Å²) in [6.07, 6.45) is 0. The van der Waals surface area contributed by atoms with Crippen LogP contribution in [-0.2, 0) is 0 Å². The molecule has 4 N–H and O–H groups in total. The third-order valence-electron chi connectivity index (χ3n) is 1.34. The van der Waals surface area contributed by atoms with Crippen LogP contribution in [0.3, 0.4) is 0 Å². The van der Waals surface area contributed by atoms with Crippen LogP contribution in [0.25, 0.3) is 0 Å². The molecule has 58 valence electrons. The maximum Gasteiger partial charge on any atom is 0.488 e. The number of anilines is 1. The van der Waals surface area contributed by atoms with Crippen LogP contribution in [0.4, 0.5) is 5.69 Å². The molecule has 0 aliphatic heterocycles. The monoisotopic (exact) mass is 153 g/mol. The lowest BCUT2D eigenvalue weighted by molar-refractivity contribution is 0.389. The molecule has 4 nitrogen and oxygen atoms in total. The minimum Gasteiger partial charge on any atom is -0.423 e. The molecule has 1 aromatic rings. The molecule has 5 heteroatoms. The summed E-state index contributed by atoms with van der Waals surface area (Å²) in [6.45, 7) is 0. The maximum atomic E-state index is 8.66. The van der Waals surface area contributed by atoms with Gasteiger partial charge in [0.05, 0.1) is 5.69 Å². The van der Waals surface area contributed by atoms with Crippen molar-refractivity contribution < 1.29 is 15.3 Å². The molecule has 0 aliphatic carbocycles. The molecule has 0 saturated heterocycles. The first-order chi connectivity index (χ1) is 5.24. The van der Waals surface area contributed by atoms with E-state index < -0.39 is 7.12 Å². The Bertz CT molecular complexity index is 224. The third kappa shape index (κ3) is 1.94. The molecular weight excluding hydrogens is 145 g/mol. The van der Waals surface area contributed by atoms with Gasteiger partial charge in [-0.25, -0.2) is 0 Å². The maximum absolute atomic E-state index is 8.66. The molecule has 0 fully saturated rings. The summed E-state index contributed by atoms with van der Waals surface area (Å²) in [5.41, 5.74) is 2.83. The van der Waals surface area contributed by atoms with Crippen molar-refractivity contribution in [1.29, 1.82) is 0 Å². The predicted molar refractivity (Wildman–Crippen MR) is 41.7 cm³/mol. The van der Waals surface area contributed by atoms with E-state index in [1.54, 1.807) is 0 Å². The Morgan fingerprint density at radius 1 is 1.09 bits per heavy atom. The molecule has 1 rings (SSSR count). The van der Waals surface area contributed by atoms with Crippen molar-refractivity contribution in [3.8, 4) is 0 Å². The number of nitrogens with one attached hydrogen (secondary N) is 1. The first-order valence-electron chi connectivity index (χ1n) is 3.10. The summed E-state index contributed by atoms with van der Waals surface area (Å²) >= 11 is 0. The summed E-state index contributed by atoms with van der Waals surface area (Å²) in [5.74, 6) is 0. The zero-order valence-corrected chi connectivity index (χ0v) is 5.73. The molecule has 0 spiro atoms. The van der Waals surface area contributed by atoms with Crippen LogP contribution in [-0.4, -0.2) is 22.4 Å². The first kappa shape index (κ1) is 8.07. The highest BCUT2D eigenvalue weighted by atomic mass is 16.5. The highest BCUT2D eigenvalue weighted by molar-refractivity contribution is 6.58. The smallest absolute Gasteiger partial charge is 0.423 e. The van der Waals surface area contributed by atoms with Crippen LogP contribution in [0.2, 0.25) is 0 Å². The second-order valence-corrected chi connectivity index (χ2v) is 2.11. The zero-order valence-electron chi connectivity index (χ0n) is 5.73. The standard InChI is InChI=1S/C6H8BNO3/c9-7(10)5-1-3-6(8-11)4-2-5/h1-4,8-11H. The average molecular weight is 153 g/mol. The molecular formula is C6H8BNO3. The van der Waals surface area contributed by atoms with Crippen molar-refractivity contribution in [3.05, 3.63) is 24.3 Å². The summed E-state index contributed by atoms with van der Waals surface area (Å²) in [5, 5.41) is 25.7. The normalized spacial score (nSPS) is 9.36. The highest BCUT2D eigenvalue weighted by Crippen LogP contribution is 2.01. The van der Waals surface area contributed by atoms with Gasteiger partial charge in [0, 0.05) is 0 Å². The van der Waals surface area contributed by atoms with Gasteiger partial charge >= 0.3 is 7.12 Å². The fourth-order valence-electron chi connectivity index (χ4n) is 0.730. The minimum absolute atomic E-state index is 0.393. The van der Waals surface area contributed by atoms with E-state index in [1.807, 2.05) is 5.48 Å². The molecule has 0 bridgehead atoms. The summed E-state index contributed by atoms with van der Waals surface area (Å²) in [7, 11) is -1.46. The third-order valence-corrected chi connectivity index (χ3v) is 1.34. The van der Waals surface area contributed by atoms with E-state index in [1.165, 1.54) is 24.3 Å². The molecule has 0 atom stereocenters. The Kier molecular flexibility index (Phi) is 2.48. The molecule has 0 heterocycles. The lowest BCUT2D eigenvalue weighted by atomic mass is 9.80. The Morgan fingerprint density at radius 3 is 2.00 bits per heavy atom. The molecule has 11 heavy (non-hydrogen) atoms. The van der Waals surface area contributed by atoms with Crippen molar-refractivity contribution in [2.24, 2.45) is 0 Å². The van der Waals surface area contributed by atoms with Gasteiger partial charge in [-0.15, -0.1) is 0 Å². The predicted octanol–water partition coefficient (Wildman–Crippen LogP) is -0.833. The van der Waals surface area contributed by atoms with Crippen LogP contribution in [0.1, 0.15) is 0 Å². The van der Waals surface area contributed by atoms with E-state index in [0.29, 0.717) is 11.2 Å². The molecule has 0 amide bonds. The molecule has 0 unspecified atom stereocenters. The second-order valence-electron chi connectivity index (χ2n) is 2.11. The van der Waals surface area contributed by atoms with Crippen molar-refractivity contribution in [1.82, 2.24) is 0 Å². The molecule has 1 aromatic carbocycles. The molecule has 0 saturated carbocycles. The van der Waals surface area contributed by atoms with E-state index >= 15 is 0 Å². The van der Waals surface area contributed by atoms with Gasteiger partial charge in [-0.2, -0.15) is 0 Å². The van der Waals surface area contributed by atoms with Gasteiger partial charge in [-0.3, -0.25) is 10.7 Å². The Hall–Kier alpha value is -1.04. The Balaban J connectivity index is 2.83. The molecule has 0 aliphatic rings. The average Bonchev–Trinajstić information content (AvgIpc) is 2.05. The van der Waals surface area contributed by atoms with Gasteiger partial charge in [0.2, 0.25) is 0 Å². The molecule has 0 aromatic heterocycles. The van der Waals surface area contributed by atoms with E-state index in [4.69, 9.17) is 15.3 Å². The summed E-state index contributed by atoms with van der Waals surface area (Å²) in [4.78, 5) is 0. The van der Waals surface area contributed by atoms with Gasteiger partial charge in [0.15, 0.2) is 0 Å². The van der Waals surface area contributed by atoms with E-state index in [9.17, 15) is 0 Å². The lowest BCUT2D eigenvalue weighted by Gasteiger charge is -2.00. The SMILES string of the molecule is ONc1ccc(B(O)O)cc1. The van der Waals surface area contributed by atoms with Gasteiger partial charge in [0.1, 0.15) is 0 Å². The van der Waals surface area contributed by atoms with Gasteiger partial charge in [-0.1, -0.05) is 12.1 Å². The number of benzene rings is 1. The fraction of sp³-hybridized carbons (Fsp3) is 0. The van der Waals surface area contributed by atoms with Crippen LogP contribution in [0.5, 0.6) is 0 Å². The van der Waals surface area contributed by atoms with Crippen LogP contribution in [0, 0.1) is 0 Å². The number of hydrogen-bond acceptors (Lipinski definition) is 4. The number of rotatable bonds is 2. The van der Waals surface area contributed by atoms with Crippen molar-refractivity contribution in [2.45, 2.75) is 0 Å². The summed E-state index contributed by atoms with van der Waals surface area (Å²) in [6, 6.07) is 6.08. The zero-order chi connectivity index (χ0) is 8.27. The van der Waals surface area contributed by atoms with Gasteiger partial charge < -0.3 is 10.0 Å². The number of hydrogen-bond donors (Lipinski definition) is 4. The van der Waals surface area contributed by atoms with Crippen LogP contribution >= 0.6 is 0 Å². The molecule has 0 radical (unpaired) electrons. The van der Waals surface area contributed by atoms with E-state index in [0.717, 1.165) is 0 Å². The quantitative estimate of drug-likeness (QED) is 0.330. The van der Waals surface area contributed by atoms with E-state index in [-0.39, 0.29) is 0 Å². The highest BCUT2D eigenvalue weighted by Gasteiger charge is 2.08. The Morgan fingerprint density at radius 2 is 1.64 bits per heavy atom. The second kappa shape index (κ2) is 3.38. The van der Waals surface area contributed by atoms with Crippen molar-refractivity contribution in [3.63, 3.8) is 0 Å². The van der Waals surface area contributed by atoms with Crippen molar-refractivity contribution >= 4 is 18.3 Å². The van der Waals surface area contributed by atoms with Crippen LogP contribution in [0.15, 0.2) is 24.3 Å². The van der Waals surface area contributed by atoms with Crippen molar-refractivity contribution in [2.75, 3.05) is 5.48 Å².